The largest absolute Gasteiger partial charge is 0.468 e. The maximum Gasteiger partial charge on any atom is 0.128 e. The zero-order valence-corrected chi connectivity index (χ0v) is 5.08. The molecule has 0 saturated carbocycles. The van der Waals surface area contributed by atoms with Crippen LogP contribution in [0.2, 0.25) is 0 Å². The molecule has 0 heterocycles. The van der Waals surface area contributed by atoms with Crippen molar-refractivity contribution in [2.45, 2.75) is 13.1 Å². The van der Waals surface area contributed by atoms with Gasteiger partial charge in [-0.2, -0.15) is 0 Å². The smallest absolute Gasteiger partial charge is 0.128 e. The second-order valence-electron chi connectivity index (χ2n) is 1.69. The standard InChI is InChI=1S/C4H13N3/c1-4(6-2)7(3)5/h4-7H,1-3H3. The van der Waals surface area contributed by atoms with Gasteiger partial charge in [-0.15, -0.1) is 0 Å². The molecule has 0 aliphatic heterocycles. The van der Waals surface area contributed by atoms with Gasteiger partial charge in [-0.1, -0.05) is 0 Å². The molecule has 0 bridgehead atoms. The molecule has 2 atom stereocenters. The molecule has 0 radical (unpaired) electrons. The summed E-state index contributed by atoms with van der Waals surface area (Å²) in [5, 5.41) is 3.62. The molecule has 0 fully saturated rings. The first-order valence-corrected chi connectivity index (χ1v) is 2.40. The summed E-state index contributed by atoms with van der Waals surface area (Å²) in [5.41, 5.74) is 0. The van der Waals surface area contributed by atoms with E-state index in [0.29, 0.717) is 5.01 Å². The first kappa shape index (κ1) is 6.88. The predicted molar refractivity (Wildman–Crippen MR) is 29.7 cm³/mol. The van der Waals surface area contributed by atoms with Crippen LogP contribution in [-0.4, -0.2) is 20.3 Å². The number of nitrogens with one attached hydrogen (secondary N) is 3. The summed E-state index contributed by atoms with van der Waals surface area (Å²) in [6.07, 6.45) is 0.236. The quantitative estimate of drug-likeness (QED) is 0.343. The van der Waals surface area contributed by atoms with Crippen LogP contribution in [0.5, 0.6) is 0 Å². The third-order valence-electron chi connectivity index (χ3n) is 1.08. The van der Waals surface area contributed by atoms with Gasteiger partial charge in [0.15, 0.2) is 0 Å². The average Bonchev–Trinajstić information content (AvgIpc) is 1.65. The summed E-state index contributed by atoms with van der Waals surface area (Å²) in [5.74, 6) is 7.04. The molecule has 3 N–H and O–H groups in total. The van der Waals surface area contributed by atoms with Crippen molar-refractivity contribution in [2.75, 3.05) is 14.1 Å². The van der Waals surface area contributed by atoms with Gasteiger partial charge in [0.05, 0.1) is 7.05 Å². The number of hydrogen-bond acceptors (Lipinski definition) is 1. The Kier molecular flexibility index (Phi) is 2.91. The fourth-order valence-corrected chi connectivity index (χ4v) is 0.217. The van der Waals surface area contributed by atoms with E-state index in [2.05, 4.69) is 5.32 Å². The molecule has 3 heteroatoms. The number of rotatable bonds is 2. The number of hydrogen-bond donors (Lipinski definition) is 2. The Bertz CT molecular complexity index is 44.2. The van der Waals surface area contributed by atoms with Crippen LogP contribution in [0.15, 0.2) is 0 Å². The van der Waals surface area contributed by atoms with Crippen molar-refractivity contribution >= 4 is 0 Å². The van der Waals surface area contributed by atoms with Crippen molar-refractivity contribution in [2.24, 2.45) is 0 Å². The molecular weight excluding hydrogens is 90.1 g/mol. The van der Waals surface area contributed by atoms with E-state index in [1.54, 1.807) is 7.05 Å². The minimum absolute atomic E-state index is 0.236. The molecule has 0 amide bonds. The minimum atomic E-state index is 0.236. The van der Waals surface area contributed by atoms with Gasteiger partial charge in [-0.3, -0.25) is 5.32 Å². The lowest BCUT2D eigenvalue weighted by atomic mass is 10.6. The van der Waals surface area contributed by atoms with Gasteiger partial charge in [0.25, 0.3) is 0 Å². The van der Waals surface area contributed by atoms with Gasteiger partial charge in [-0.05, 0) is 7.05 Å². The summed E-state index contributed by atoms with van der Waals surface area (Å²) in [6, 6.07) is 0. The highest BCUT2D eigenvalue weighted by atomic mass is 15.4. The van der Waals surface area contributed by atoms with E-state index in [0.717, 1.165) is 0 Å². The predicted octanol–water partition coefficient (Wildman–Crippen LogP) is -0.966. The molecule has 0 aromatic rings. The molecule has 0 saturated heterocycles. The van der Waals surface area contributed by atoms with Crippen LogP contribution < -0.4 is 10.3 Å². The van der Waals surface area contributed by atoms with Crippen LogP contribution in [0.3, 0.4) is 0 Å². The molecule has 7 heavy (non-hydrogen) atoms. The first-order chi connectivity index (χ1) is 3.18. The van der Waals surface area contributed by atoms with Crippen LogP contribution >= 0.6 is 0 Å². The lowest BCUT2D eigenvalue weighted by molar-refractivity contribution is -0.856. The monoisotopic (exact) mass is 103 g/mol. The van der Waals surface area contributed by atoms with E-state index in [-0.39, 0.29) is 6.17 Å². The Balaban J connectivity index is 3.14. The second-order valence-corrected chi connectivity index (χ2v) is 1.69. The van der Waals surface area contributed by atoms with Crippen molar-refractivity contribution in [1.29, 1.82) is 0 Å². The molecule has 0 aromatic heterocycles. The summed E-state index contributed by atoms with van der Waals surface area (Å²) in [6.45, 7) is 1.96. The van der Waals surface area contributed by atoms with Crippen LogP contribution in [0.25, 0.3) is 5.84 Å². The van der Waals surface area contributed by atoms with Crippen molar-refractivity contribution in [3.63, 3.8) is 0 Å². The number of quaternary nitrogens is 1. The Labute approximate surface area is 44.5 Å². The van der Waals surface area contributed by atoms with Gasteiger partial charge < -0.3 is 10.9 Å². The third kappa shape index (κ3) is 2.56. The van der Waals surface area contributed by atoms with Gasteiger partial charge >= 0.3 is 0 Å². The van der Waals surface area contributed by atoms with Crippen molar-refractivity contribution in [1.82, 2.24) is 5.32 Å². The fraction of sp³-hybridized carbons (Fsp3) is 1.00. The highest BCUT2D eigenvalue weighted by molar-refractivity contribution is 4.32. The third-order valence-corrected chi connectivity index (χ3v) is 1.08. The second kappa shape index (κ2) is 2.96. The van der Waals surface area contributed by atoms with Crippen LogP contribution in [-0.2, 0) is 0 Å². The Morgan fingerprint density at radius 2 is 2.14 bits per heavy atom. The van der Waals surface area contributed by atoms with Crippen LogP contribution in [0, 0.1) is 0 Å². The van der Waals surface area contributed by atoms with E-state index in [1.807, 2.05) is 14.0 Å². The Hall–Kier alpha value is -0.120. The van der Waals surface area contributed by atoms with E-state index in [4.69, 9.17) is 5.84 Å². The van der Waals surface area contributed by atoms with Crippen molar-refractivity contribution < 1.29 is 5.01 Å². The highest BCUT2D eigenvalue weighted by Gasteiger charge is 1.95. The summed E-state index contributed by atoms with van der Waals surface area (Å²) < 4.78 is 0. The van der Waals surface area contributed by atoms with E-state index < -0.39 is 0 Å². The zero-order chi connectivity index (χ0) is 5.86. The van der Waals surface area contributed by atoms with Gasteiger partial charge in [0.1, 0.15) is 6.17 Å². The maximum absolute atomic E-state index is 7.04. The first-order valence-electron chi connectivity index (χ1n) is 2.40. The summed E-state index contributed by atoms with van der Waals surface area (Å²) in [4.78, 5) is 0. The molecule has 3 nitrogen and oxygen atoms in total. The van der Waals surface area contributed by atoms with Crippen LogP contribution in [0.1, 0.15) is 6.92 Å². The molecule has 0 aliphatic carbocycles. The molecule has 0 aromatic carbocycles. The molecule has 2 unspecified atom stereocenters. The van der Waals surface area contributed by atoms with Crippen LogP contribution in [0.4, 0.5) is 0 Å². The van der Waals surface area contributed by atoms with Gasteiger partial charge in [0, 0.05) is 6.92 Å². The fourth-order valence-electron chi connectivity index (χ4n) is 0.217. The highest BCUT2D eigenvalue weighted by Crippen LogP contribution is 1.56. The Morgan fingerprint density at radius 1 is 1.71 bits per heavy atom. The lowest BCUT2D eigenvalue weighted by Gasteiger charge is -2.22. The van der Waals surface area contributed by atoms with Gasteiger partial charge in [0.2, 0.25) is 0 Å². The summed E-state index contributed by atoms with van der Waals surface area (Å²) >= 11 is 0. The molecule has 0 spiro atoms. The normalized spacial score (nSPS) is 18.9. The lowest BCUT2D eigenvalue weighted by Crippen LogP contribution is -3.08. The topological polar surface area (TPSA) is 40.3 Å². The zero-order valence-electron chi connectivity index (χ0n) is 5.08. The van der Waals surface area contributed by atoms with E-state index in [9.17, 15) is 0 Å². The molecule has 0 rings (SSSR count). The average molecular weight is 103 g/mol. The van der Waals surface area contributed by atoms with Gasteiger partial charge in [-0.25, -0.2) is 0 Å². The molecular formula is C4H13N3. The van der Waals surface area contributed by atoms with Crippen molar-refractivity contribution in [3.8, 4) is 0 Å². The van der Waals surface area contributed by atoms with E-state index in [1.165, 1.54) is 0 Å². The summed E-state index contributed by atoms with van der Waals surface area (Å²) in [7, 11) is 3.64. The van der Waals surface area contributed by atoms with E-state index >= 15 is 0 Å². The van der Waals surface area contributed by atoms with Crippen molar-refractivity contribution in [3.05, 3.63) is 5.84 Å². The Morgan fingerprint density at radius 3 is 2.14 bits per heavy atom. The SMILES string of the molecule is CNC(C)[NH+](C)[NH-]. The maximum atomic E-state index is 7.04. The minimum Gasteiger partial charge on any atom is -0.468 e. The molecule has 0 aliphatic rings. The molecule has 44 valence electrons.